The number of aliphatic hydroxyl groups excluding tert-OH is 3. The zero-order chi connectivity index (χ0) is 55.9. The van der Waals surface area contributed by atoms with Gasteiger partial charge < -0.3 is 76.9 Å². The van der Waals surface area contributed by atoms with Crippen molar-refractivity contribution in [2.24, 2.45) is 76.9 Å². The van der Waals surface area contributed by atoms with E-state index < -0.39 is 68.1 Å². The lowest BCUT2D eigenvalue weighted by molar-refractivity contribution is -0.372. The lowest BCUT2D eigenvalue weighted by atomic mass is 9.80. The van der Waals surface area contributed by atoms with Crippen LogP contribution in [0.2, 0.25) is 0 Å². The minimum Gasteiger partial charge on any atom is -0.394 e. The number of aliphatic hydroxyl groups is 3. The summed E-state index contributed by atoms with van der Waals surface area (Å²) in [6, 6.07) is 0. The van der Waals surface area contributed by atoms with E-state index >= 15 is 0 Å². The molecular formula is C60H108O16. The van der Waals surface area contributed by atoms with Crippen molar-refractivity contribution >= 4 is 0 Å². The first kappa shape index (κ1) is 63.0. The summed E-state index contributed by atoms with van der Waals surface area (Å²) in [4.78, 5) is 0. The molecule has 7 aliphatic heterocycles. The van der Waals surface area contributed by atoms with Gasteiger partial charge in [-0.3, -0.25) is 0 Å². The Morgan fingerprint density at radius 2 is 0.553 bits per heavy atom. The SMILES string of the molecule is CCC1O[C@H](O[C@@H]2C(C)O[C@@H](O[C@H]3C(O)C(C)[C@@H](O[C@H]4C(C)C(C)[C@H](O[C@@H]5C(CC)O[C@H](C)C(C)[C@H]5C)O[C@H]4C)O[C@H]3CO)C(C)[C@H]2C)C(C)[C@@H](C)[C@@H]1O[C@@H]1O[C@@H](CC)[C@@H](O[C@H]2O[C@@H](CC)[C@@H](O)C(C)C2C)C(C)C1C. The molecule has 0 bridgehead atoms. The van der Waals surface area contributed by atoms with Gasteiger partial charge in [-0.2, -0.15) is 0 Å². The summed E-state index contributed by atoms with van der Waals surface area (Å²) in [7, 11) is 0. The second-order valence-corrected chi connectivity index (χ2v) is 25.5. The maximum absolute atomic E-state index is 12.0. The molecule has 0 radical (unpaired) electrons. The van der Waals surface area contributed by atoms with Crippen molar-refractivity contribution in [1.82, 2.24) is 0 Å². The number of ether oxygens (including phenoxy) is 13. The zero-order valence-electron chi connectivity index (χ0n) is 50.4. The molecule has 7 saturated heterocycles. The van der Waals surface area contributed by atoms with E-state index in [2.05, 4.69) is 111 Å². The van der Waals surface area contributed by atoms with Crippen molar-refractivity contribution in [3.05, 3.63) is 0 Å². The summed E-state index contributed by atoms with van der Waals surface area (Å²) < 4.78 is 87.3. The summed E-state index contributed by atoms with van der Waals surface area (Å²) in [5.41, 5.74) is 0. The quantitative estimate of drug-likeness (QED) is 0.125. The third-order valence-electron chi connectivity index (χ3n) is 20.9. The van der Waals surface area contributed by atoms with Gasteiger partial charge in [0.15, 0.2) is 37.7 Å². The Hall–Kier alpha value is -0.640. The monoisotopic (exact) mass is 1080 g/mol. The fourth-order valence-electron chi connectivity index (χ4n) is 13.8. The zero-order valence-corrected chi connectivity index (χ0v) is 50.4. The molecule has 14 unspecified atom stereocenters. The molecular weight excluding hydrogens is 977 g/mol. The van der Waals surface area contributed by atoms with Crippen LogP contribution >= 0.6 is 0 Å². The van der Waals surface area contributed by atoms with Gasteiger partial charge in [0.2, 0.25) is 0 Å². The third kappa shape index (κ3) is 12.8. The van der Waals surface area contributed by atoms with E-state index in [1.54, 1.807) is 0 Å². The van der Waals surface area contributed by atoms with Crippen LogP contribution in [-0.2, 0) is 61.6 Å². The van der Waals surface area contributed by atoms with E-state index in [1.807, 2.05) is 27.7 Å². The minimum atomic E-state index is -1.02. The van der Waals surface area contributed by atoms with E-state index in [9.17, 15) is 15.3 Å². The second-order valence-electron chi connectivity index (χ2n) is 25.5. The average Bonchev–Trinajstić information content (AvgIpc) is 3.40. The first-order valence-corrected chi connectivity index (χ1v) is 30.4. The highest BCUT2D eigenvalue weighted by molar-refractivity contribution is 4.97. The van der Waals surface area contributed by atoms with E-state index in [-0.39, 0.29) is 139 Å². The topological polar surface area (TPSA) is 181 Å². The highest BCUT2D eigenvalue weighted by Gasteiger charge is 2.55. The Morgan fingerprint density at radius 3 is 0.947 bits per heavy atom. The Labute approximate surface area is 458 Å². The van der Waals surface area contributed by atoms with Crippen LogP contribution < -0.4 is 0 Å². The van der Waals surface area contributed by atoms with Gasteiger partial charge in [-0.15, -0.1) is 0 Å². The highest BCUT2D eigenvalue weighted by Crippen LogP contribution is 2.46. The molecule has 3 N–H and O–H groups in total. The summed E-state index contributed by atoms with van der Waals surface area (Å²) in [6.07, 6.45) is -5.81. The van der Waals surface area contributed by atoms with Crippen molar-refractivity contribution in [2.75, 3.05) is 6.61 Å². The summed E-state index contributed by atoms with van der Waals surface area (Å²) in [5, 5.41) is 33.6. The van der Waals surface area contributed by atoms with Gasteiger partial charge in [-0.05, 0) is 87.9 Å². The van der Waals surface area contributed by atoms with Gasteiger partial charge in [0.05, 0.1) is 92.1 Å². The molecule has 16 nitrogen and oxygen atoms in total. The molecule has 0 amide bonds. The van der Waals surface area contributed by atoms with Crippen LogP contribution in [0.25, 0.3) is 0 Å². The van der Waals surface area contributed by atoms with Crippen molar-refractivity contribution in [3.8, 4) is 0 Å². The maximum Gasteiger partial charge on any atom is 0.163 e. The molecule has 0 spiro atoms. The molecule has 0 aromatic heterocycles. The predicted octanol–water partition coefficient (Wildman–Crippen LogP) is 9.10. The van der Waals surface area contributed by atoms with E-state index in [0.717, 1.165) is 25.7 Å². The molecule has 7 fully saturated rings. The number of hydrogen-bond donors (Lipinski definition) is 3. The van der Waals surface area contributed by atoms with Crippen molar-refractivity contribution in [1.29, 1.82) is 0 Å². The minimum absolute atomic E-state index is 0.00220. The lowest BCUT2D eigenvalue weighted by Crippen LogP contribution is -2.62. The van der Waals surface area contributed by atoms with E-state index in [1.165, 1.54) is 0 Å². The van der Waals surface area contributed by atoms with Crippen LogP contribution in [0.15, 0.2) is 0 Å². The Bertz CT molecular complexity index is 1750. The van der Waals surface area contributed by atoms with E-state index in [4.69, 9.17) is 61.6 Å². The van der Waals surface area contributed by atoms with Crippen LogP contribution in [-0.4, -0.2) is 157 Å². The largest absolute Gasteiger partial charge is 0.394 e. The lowest BCUT2D eigenvalue weighted by Gasteiger charge is -2.52. The van der Waals surface area contributed by atoms with Crippen LogP contribution in [0.4, 0.5) is 0 Å². The Morgan fingerprint density at radius 1 is 0.263 bits per heavy atom. The normalized spacial score (nSPS) is 54.6. The van der Waals surface area contributed by atoms with Gasteiger partial charge >= 0.3 is 0 Å². The highest BCUT2D eigenvalue weighted by atomic mass is 16.8. The van der Waals surface area contributed by atoms with Gasteiger partial charge in [0, 0.05) is 35.5 Å². The molecule has 7 rings (SSSR count). The van der Waals surface area contributed by atoms with Gasteiger partial charge in [0.25, 0.3) is 0 Å². The van der Waals surface area contributed by atoms with Crippen molar-refractivity contribution in [2.45, 2.75) is 300 Å². The molecule has 0 aliphatic carbocycles. The molecule has 0 saturated carbocycles. The van der Waals surface area contributed by atoms with Crippen LogP contribution in [0.3, 0.4) is 0 Å². The number of rotatable bonds is 17. The average molecular weight is 1090 g/mol. The van der Waals surface area contributed by atoms with Gasteiger partial charge in [-0.25, -0.2) is 0 Å². The summed E-state index contributed by atoms with van der Waals surface area (Å²) in [5.74, 6) is 0.391. The standard InChI is InChI=1S/C60H108O16/c1-21-42-47(62)27(6)33(12)57(67-42)74-52-32(11)37(16)59(69-45(52)24-4)75-53-31(10)36(15)58(68-44(53)23-3)71-49-30(9)35(14)56(66-40(49)19)76-54-46(25-61)70-60(38(17)48(54)63)72-50-29(8)34(13)55(65-41(50)20)73-51-28(7)26(5)39(18)64-43(51)22-2/h26-63H,21-25H2,1-20H3/t26?,27?,28-,29?,30-,31-,32?,33?,34?,35?,36?,37?,38?,39-,40?,41+,42+,43?,44?,45+,46+,47+,48?,49+,50+,51+,52+,53+,54-,55+,56+,57-,58-,59+,60-/m1/s1. The second kappa shape index (κ2) is 26.7. The van der Waals surface area contributed by atoms with Crippen LogP contribution in [0.1, 0.15) is 164 Å². The van der Waals surface area contributed by atoms with Crippen molar-refractivity contribution in [3.63, 3.8) is 0 Å². The molecule has 7 aliphatic rings. The first-order chi connectivity index (χ1) is 35.9. The summed E-state index contributed by atoms with van der Waals surface area (Å²) >= 11 is 0. The van der Waals surface area contributed by atoms with Gasteiger partial charge in [0.1, 0.15) is 12.2 Å². The fourth-order valence-corrected chi connectivity index (χ4v) is 13.8. The van der Waals surface area contributed by atoms with Crippen molar-refractivity contribution < 1.29 is 76.9 Å². The van der Waals surface area contributed by atoms with Crippen LogP contribution in [0.5, 0.6) is 0 Å². The first-order valence-electron chi connectivity index (χ1n) is 30.4. The fraction of sp³-hybridized carbons (Fsp3) is 1.00. The molecule has 76 heavy (non-hydrogen) atoms. The maximum atomic E-state index is 12.0. The molecule has 7 heterocycles. The molecule has 0 aromatic rings. The Kier molecular flexibility index (Phi) is 22.1. The smallest absolute Gasteiger partial charge is 0.163 e. The molecule has 16 heteroatoms. The predicted molar refractivity (Wildman–Crippen MR) is 286 cm³/mol. The van der Waals surface area contributed by atoms with E-state index in [0.29, 0.717) is 11.8 Å². The van der Waals surface area contributed by atoms with Gasteiger partial charge in [-0.1, -0.05) is 118 Å². The molecule has 0 aromatic carbocycles. The van der Waals surface area contributed by atoms with Crippen LogP contribution in [0, 0.1) is 76.9 Å². The Balaban J connectivity index is 0.925. The third-order valence-corrected chi connectivity index (χ3v) is 20.9. The summed E-state index contributed by atoms with van der Waals surface area (Å²) in [6.45, 7) is 42.2. The number of hydrogen-bond acceptors (Lipinski definition) is 16. The molecule has 35 atom stereocenters. The molecule has 444 valence electrons.